The molecule has 0 aromatic carbocycles. The molecule has 1 rings (SSSR count). The number of ether oxygens (including phenoxy) is 1. The molecule has 19 heavy (non-hydrogen) atoms. The molecule has 1 aliphatic heterocycles. The van der Waals surface area contributed by atoms with Crippen LogP contribution in [0.15, 0.2) is 0 Å². The first-order valence-electron chi connectivity index (χ1n) is 6.93. The second-order valence-corrected chi connectivity index (χ2v) is 5.04. The van der Waals surface area contributed by atoms with E-state index in [1.165, 1.54) is 0 Å². The average molecular weight is 272 g/mol. The molecule has 6 nitrogen and oxygen atoms in total. The van der Waals surface area contributed by atoms with Crippen molar-refractivity contribution < 1.29 is 19.4 Å². The second-order valence-electron chi connectivity index (χ2n) is 5.04. The summed E-state index contributed by atoms with van der Waals surface area (Å²) in [5.74, 6) is -0.216. The minimum atomic E-state index is -0.837. The van der Waals surface area contributed by atoms with Crippen LogP contribution in [0.4, 0.5) is 4.79 Å². The fraction of sp³-hybridized carbons (Fsp3) is 0.846. The molecule has 1 aliphatic rings. The van der Waals surface area contributed by atoms with Crippen LogP contribution in [0, 0.1) is 5.92 Å². The maximum atomic E-state index is 11.4. The Hall–Kier alpha value is -1.30. The van der Waals surface area contributed by atoms with Crippen molar-refractivity contribution in [3.63, 3.8) is 0 Å². The van der Waals surface area contributed by atoms with Crippen molar-refractivity contribution in [2.75, 3.05) is 19.7 Å². The summed E-state index contributed by atoms with van der Waals surface area (Å²) in [5, 5.41) is 13.9. The van der Waals surface area contributed by atoms with Gasteiger partial charge in [-0.3, -0.25) is 4.79 Å². The Bertz CT molecular complexity index is 296. The molecule has 1 saturated heterocycles. The molecule has 0 aromatic rings. The van der Waals surface area contributed by atoms with Gasteiger partial charge in [0.1, 0.15) is 0 Å². The first kappa shape index (κ1) is 15.8. The van der Waals surface area contributed by atoms with E-state index in [-0.39, 0.29) is 12.5 Å². The Morgan fingerprint density at radius 3 is 2.74 bits per heavy atom. The summed E-state index contributed by atoms with van der Waals surface area (Å²) in [6.07, 6.45) is 3.95. The third kappa shape index (κ3) is 7.66. The fourth-order valence-corrected chi connectivity index (χ4v) is 2.25. The molecule has 2 unspecified atom stereocenters. The van der Waals surface area contributed by atoms with Crippen LogP contribution in [0.3, 0.4) is 0 Å². The van der Waals surface area contributed by atoms with Crippen LogP contribution in [-0.2, 0) is 9.53 Å². The van der Waals surface area contributed by atoms with Crippen LogP contribution in [0.5, 0.6) is 0 Å². The van der Waals surface area contributed by atoms with Crippen LogP contribution in [-0.4, -0.2) is 42.9 Å². The van der Waals surface area contributed by atoms with Gasteiger partial charge in [0, 0.05) is 26.1 Å². The largest absolute Gasteiger partial charge is 0.481 e. The van der Waals surface area contributed by atoms with Crippen LogP contribution >= 0.6 is 0 Å². The zero-order valence-electron chi connectivity index (χ0n) is 11.5. The first-order chi connectivity index (χ1) is 9.08. The molecule has 1 heterocycles. The van der Waals surface area contributed by atoms with Crippen molar-refractivity contribution in [3.05, 3.63) is 0 Å². The van der Waals surface area contributed by atoms with E-state index in [0.29, 0.717) is 31.5 Å². The number of hydrogen-bond acceptors (Lipinski definition) is 3. The third-order valence-corrected chi connectivity index (χ3v) is 3.28. The number of nitrogens with one attached hydrogen (secondary N) is 2. The number of hydrogen-bond donors (Lipinski definition) is 3. The predicted molar refractivity (Wildman–Crippen MR) is 71.0 cm³/mol. The van der Waals surface area contributed by atoms with Gasteiger partial charge >= 0.3 is 12.0 Å². The second kappa shape index (κ2) is 8.74. The van der Waals surface area contributed by atoms with E-state index >= 15 is 0 Å². The molecule has 1 fully saturated rings. The van der Waals surface area contributed by atoms with Gasteiger partial charge in [0.25, 0.3) is 0 Å². The minimum Gasteiger partial charge on any atom is -0.481 e. The quantitative estimate of drug-likeness (QED) is 0.611. The van der Waals surface area contributed by atoms with Gasteiger partial charge in [-0.25, -0.2) is 4.79 Å². The molecule has 110 valence electrons. The van der Waals surface area contributed by atoms with Gasteiger partial charge in [-0.2, -0.15) is 0 Å². The molecule has 0 spiro atoms. The van der Waals surface area contributed by atoms with E-state index in [0.717, 1.165) is 25.9 Å². The lowest BCUT2D eigenvalue weighted by atomic mass is 9.93. The number of aliphatic carboxylic acids is 1. The zero-order chi connectivity index (χ0) is 14.1. The van der Waals surface area contributed by atoms with Crippen molar-refractivity contribution in [2.24, 2.45) is 5.92 Å². The van der Waals surface area contributed by atoms with Gasteiger partial charge in [-0.15, -0.1) is 0 Å². The highest BCUT2D eigenvalue weighted by Crippen LogP contribution is 2.22. The highest BCUT2D eigenvalue weighted by molar-refractivity contribution is 5.73. The summed E-state index contributed by atoms with van der Waals surface area (Å²) in [5.41, 5.74) is 0. The Morgan fingerprint density at radius 2 is 2.05 bits per heavy atom. The van der Waals surface area contributed by atoms with Crippen LogP contribution in [0.2, 0.25) is 0 Å². The van der Waals surface area contributed by atoms with Crippen molar-refractivity contribution >= 4 is 12.0 Å². The smallest absolute Gasteiger partial charge is 0.314 e. The van der Waals surface area contributed by atoms with E-state index in [1.54, 1.807) is 0 Å². The lowest BCUT2D eigenvalue weighted by molar-refractivity contribution is -0.137. The Morgan fingerprint density at radius 1 is 1.32 bits per heavy atom. The standard InChI is InChI=1S/C13H24N2O4/c1-10-9-11(5-8-19-10)4-7-15-13(18)14-6-2-3-12(16)17/h10-11H,2-9H2,1H3,(H,16,17)(H2,14,15,18). The molecule has 2 amide bonds. The molecule has 3 N–H and O–H groups in total. The molecule has 2 atom stereocenters. The summed E-state index contributed by atoms with van der Waals surface area (Å²) >= 11 is 0. The fourth-order valence-electron chi connectivity index (χ4n) is 2.25. The lowest BCUT2D eigenvalue weighted by Crippen LogP contribution is -2.37. The molecule has 0 bridgehead atoms. The topological polar surface area (TPSA) is 87.7 Å². The highest BCUT2D eigenvalue weighted by Gasteiger charge is 2.18. The third-order valence-electron chi connectivity index (χ3n) is 3.28. The van der Waals surface area contributed by atoms with Gasteiger partial charge in [0.05, 0.1) is 6.10 Å². The van der Waals surface area contributed by atoms with Crippen molar-refractivity contribution in [1.29, 1.82) is 0 Å². The van der Waals surface area contributed by atoms with E-state index < -0.39 is 5.97 Å². The van der Waals surface area contributed by atoms with Gasteiger partial charge in [-0.1, -0.05) is 0 Å². The van der Waals surface area contributed by atoms with Crippen molar-refractivity contribution in [3.8, 4) is 0 Å². The zero-order valence-corrected chi connectivity index (χ0v) is 11.5. The molecule has 6 heteroatoms. The number of urea groups is 1. The number of carbonyl (C=O) groups excluding carboxylic acids is 1. The Kier molecular flexibility index (Phi) is 7.25. The summed E-state index contributed by atoms with van der Waals surface area (Å²) in [7, 11) is 0. The summed E-state index contributed by atoms with van der Waals surface area (Å²) in [4.78, 5) is 21.7. The SMILES string of the molecule is CC1CC(CCNC(=O)NCCCC(=O)O)CCO1. The normalized spacial score (nSPS) is 22.8. The number of carboxylic acid groups (broad SMARTS) is 1. The van der Waals surface area contributed by atoms with E-state index in [4.69, 9.17) is 9.84 Å². The maximum Gasteiger partial charge on any atom is 0.314 e. The molecule has 0 saturated carbocycles. The molecular formula is C13H24N2O4. The van der Waals surface area contributed by atoms with Crippen LogP contribution in [0.25, 0.3) is 0 Å². The summed E-state index contributed by atoms with van der Waals surface area (Å²) < 4.78 is 5.47. The van der Waals surface area contributed by atoms with Crippen molar-refractivity contribution in [2.45, 2.75) is 45.1 Å². The van der Waals surface area contributed by atoms with E-state index in [9.17, 15) is 9.59 Å². The molecular weight excluding hydrogens is 248 g/mol. The lowest BCUT2D eigenvalue weighted by Gasteiger charge is -2.27. The average Bonchev–Trinajstić information content (AvgIpc) is 2.34. The Balaban J connectivity index is 1.99. The molecule has 0 aromatic heterocycles. The first-order valence-corrected chi connectivity index (χ1v) is 6.93. The number of amides is 2. The van der Waals surface area contributed by atoms with Crippen LogP contribution in [0.1, 0.15) is 39.0 Å². The van der Waals surface area contributed by atoms with Gasteiger partial charge in [0.15, 0.2) is 0 Å². The van der Waals surface area contributed by atoms with Gasteiger partial charge < -0.3 is 20.5 Å². The monoisotopic (exact) mass is 272 g/mol. The van der Waals surface area contributed by atoms with Gasteiger partial charge in [0.2, 0.25) is 0 Å². The van der Waals surface area contributed by atoms with Crippen LogP contribution < -0.4 is 10.6 Å². The molecule has 0 aliphatic carbocycles. The number of rotatable bonds is 7. The van der Waals surface area contributed by atoms with Crippen molar-refractivity contribution in [1.82, 2.24) is 10.6 Å². The summed E-state index contributed by atoms with van der Waals surface area (Å²) in [6.45, 7) is 3.94. The highest BCUT2D eigenvalue weighted by atomic mass is 16.5. The Labute approximate surface area is 113 Å². The number of carbonyl (C=O) groups is 2. The molecule has 0 radical (unpaired) electrons. The predicted octanol–water partition coefficient (Wildman–Crippen LogP) is 1.36. The minimum absolute atomic E-state index is 0.0836. The summed E-state index contributed by atoms with van der Waals surface area (Å²) in [6, 6.07) is -0.217. The van der Waals surface area contributed by atoms with E-state index in [1.807, 2.05) is 0 Å². The number of carboxylic acids is 1. The van der Waals surface area contributed by atoms with Gasteiger partial charge in [-0.05, 0) is 38.5 Å². The maximum absolute atomic E-state index is 11.4. The van der Waals surface area contributed by atoms with E-state index in [2.05, 4.69) is 17.6 Å².